The maximum atomic E-state index is 12.9. The van der Waals surface area contributed by atoms with E-state index in [-0.39, 0.29) is 11.6 Å². The number of nitrogens with zero attached hydrogens (tertiary/aromatic N) is 2. The third-order valence-corrected chi connectivity index (χ3v) is 6.30. The van der Waals surface area contributed by atoms with Gasteiger partial charge in [0.05, 0.1) is 0 Å². The fourth-order valence-corrected chi connectivity index (χ4v) is 4.45. The molecule has 0 saturated carbocycles. The van der Waals surface area contributed by atoms with E-state index in [9.17, 15) is 14.7 Å². The molecule has 0 radical (unpaired) electrons. The number of ether oxygens (including phenoxy) is 1. The Balaban J connectivity index is 1.31. The molecule has 9 heteroatoms. The number of aromatic amines is 1. The van der Waals surface area contributed by atoms with Gasteiger partial charge in [-0.25, -0.2) is 9.78 Å². The van der Waals surface area contributed by atoms with E-state index >= 15 is 0 Å². The minimum Gasteiger partial charge on any atom is -0.477 e. The topological polar surface area (TPSA) is 120 Å². The summed E-state index contributed by atoms with van der Waals surface area (Å²) in [5.74, 6) is -2.19. The number of carbonyl (C=O) groups is 2. The fourth-order valence-electron chi connectivity index (χ4n) is 4.45. The highest BCUT2D eigenvalue weighted by molar-refractivity contribution is 6.26. The number of allylic oxidation sites excluding steroid dienone is 1. The zero-order valence-corrected chi connectivity index (χ0v) is 19.4. The number of aliphatic carboxylic acids is 1. The van der Waals surface area contributed by atoms with Crippen molar-refractivity contribution in [1.82, 2.24) is 14.9 Å². The van der Waals surface area contributed by atoms with Crippen LogP contribution in [-0.4, -0.2) is 57.9 Å². The van der Waals surface area contributed by atoms with Crippen LogP contribution >= 0.6 is 0 Å². The fraction of sp³-hybridized carbons (Fsp3) is 0.269. The van der Waals surface area contributed by atoms with Crippen molar-refractivity contribution in [1.29, 1.82) is 0 Å². The van der Waals surface area contributed by atoms with Crippen LogP contribution in [0.1, 0.15) is 24.0 Å². The van der Waals surface area contributed by atoms with E-state index in [1.54, 1.807) is 18.5 Å². The van der Waals surface area contributed by atoms with Crippen molar-refractivity contribution in [2.45, 2.75) is 19.8 Å². The lowest BCUT2D eigenvalue weighted by atomic mass is 10.1. The normalized spacial score (nSPS) is 17.4. The molecule has 1 fully saturated rings. The van der Waals surface area contributed by atoms with Crippen molar-refractivity contribution < 1.29 is 19.4 Å². The number of fused-ring (bicyclic) bond motifs is 1. The zero-order chi connectivity index (χ0) is 24.4. The first-order valence-corrected chi connectivity index (χ1v) is 11.7. The summed E-state index contributed by atoms with van der Waals surface area (Å²) in [5.41, 5.74) is 3.46. The maximum absolute atomic E-state index is 12.9. The summed E-state index contributed by atoms with van der Waals surface area (Å²) >= 11 is 0. The zero-order valence-electron chi connectivity index (χ0n) is 19.4. The van der Waals surface area contributed by atoms with Crippen LogP contribution in [0.3, 0.4) is 0 Å². The molecule has 35 heavy (non-hydrogen) atoms. The summed E-state index contributed by atoms with van der Waals surface area (Å²) in [6.07, 6.45) is 7.44. The molecule has 1 aromatic carbocycles. The molecule has 0 unspecified atom stereocenters. The first-order valence-electron chi connectivity index (χ1n) is 11.7. The molecule has 180 valence electrons. The van der Waals surface area contributed by atoms with Crippen LogP contribution in [0.5, 0.6) is 0 Å². The summed E-state index contributed by atoms with van der Waals surface area (Å²) in [4.78, 5) is 34.5. The Morgan fingerprint density at radius 1 is 1.29 bits per heavy atom. The first kappa shape index (κ1) is 22.7. The number of Topliss-reactive ketones (excluding diaryl/α,β-unsaturated/α-hetero) is 1. The number of H-pyrrole nitrogens is 1. The molecule has 0 amide bonds. The minimum absolute atomic E-state index is 0.0625. The maximum Gasteiger partial charge on any atom is 0.345 e. The second-order valence-corrected chi connectivity index (χ2v) is 8.72. The van der Waals surface area contributed by atoms with E-state index < -0.39 is 17.3 Å². The summed E-state index contributed by atoms with van der Waals surface area (Å²) in [6.45, 7) is 6.11. The second-order valence-electron chi connectivity index (χ2n) is 8.72. The number of hydrogen-bond acceptors (Lipinski definition) is 7. The van der Waals surface area contributed by atoms with Gasteiger partial charge in [-0.3, -0.25) is 4.79 Å². The van der Waals surface area contributed by atoms with Gasteiger partial charge in [0.25, 0.3) is 0 Å². The molecular weight excluding hydrogens is 446 g/mol. The number of nitrogens with one attached hydrogen (secondary N) is 3. The quantitative estimate of drug-likeness (QED) is 0.289. The highest BCUT2D eigenvalue weighted by atomic mass is 16.5. The summed E-state index contributed by atoms with van der Waals surface area (Å²) in [5, 5.41) is 16.9. The van der Waals surface area contributed by atoms with Gasteiger partial charge in [0.1, 0.15) is 5.65 Å². The van der Waals surface area contributed by atoms with Crippen molar-refractivity contribution >= 4 is 40.2 Å². The highest BCUT2D eigenvalue weighted by Crippen LogP contribution is 2.31. The number of likely N-dealkylation sites (tertiary alicyclic amines) is 1. The van der Waals surface area contributed by atoms with Gasteiger partial charge in [0.15, 0.2) is 11.3 Å². The number of anilines is 2. The van der Waals surface area contributed by atoms with Crippen LogP contribution in [0.15, 0.2) is 59.9 Å². The third-order valence-electron chi connectivity index (χ3n) is 6.30. The number of aromatic nitrogens is 2. The molecule has 4 N–H and O–H groups in total. The van der Waals surface area contributed by atoms with Crippen molar-refractivity contribution in [3.8, 4) is 0 Å². The number of rotatable bonds is 8. The van der Waals surface area contributed by atoms with Crippen molar-refractivity contribution in [2.75, 3.05) is 36.8 Å². The molecule has 2 aliphatic rings. The van der Waals surface area contributed by atoms with Crippen LogP contribution < -0.4 is 10.6 Å². The van der Waals surface area contributed by atoms with Crippen LogP contribution in [0, 0.1) is 6.92 Å². The van der Waals surface area contributed by atoms with Crippen molar-refractivity contribution in [3.63, 3.8) is 0 Å². The van der Waals surface area contributed by atoms with E-state index in [0.29, 0.717) is 16.9 Å². The molecule has 0 atom stereocenters. The lowest BCUT2D eigenvalue weighted by Gasteiger charge is -2.16. The van der Waals surface area contributed by atoms with Crippen LogP contribution in [0.4, 0.5) is 11.4 Å². The minimum atomic E-state index is -1.35. The number of carboxylic acids is 1. The van der Waals surface area contributed by atoms with Crippen LogP contribution in [0.2, 0.25) is 0 Å². The molecule has 0 bridgehead atoms. The second kappa shape index (κ2) is 9.63. The van der Waals surface area contributed by atoms with E-state index in [1.165, 1.54) is 18.9 Å². The molecule has 5 rings (SSSR count). The Morgan fingerprint density at radius 3 is 2.89 bits per heavy atom. The Hall–Kier alpha value is -4.11. The SMILES string of the molecule is Cc1cc(NCCN2CCCC2)ccc1NC1=C(C(=O)O)C(=O)C(=Cc2c[nH]c3ncccc23)O1. The lowest BCUT2D eigenvalue weighted by molar-refractivity contribution is -0.134. The smallest absolute Gasteiger partial charge is 0.345 e. The van der Waals surface area contributed by atoms with E-state index in [4.69, 9.17) is 4.74 Å². The van der Waals surface area contributed by atoms with Crippen LogP contribution in [0.25, 0.3) is 17.1 Å². The molecular formula is C26H27N5O4. The Morgan fingerprint density at radius 2 is 2.11 bits per heavy atom. The van der Waals surface area contributed by atoms with Gasteiger partial charge in [0, 0.05) is 47.8 Å². The molecule has 3 aromatic rings. The number of pyridine rings is 1. The first-order chi connectivity index (χ1) is 17.0. The van der Waals surface area contributed by atoms with Gasteiger partial charge in [-0.1, -0.05) is 0 Å². The van der Waals surface area contributed by atoms with Gasteiger partial charge < -0.3 is 30.4 Å². The molecule has 0 aliphatic carbocycles. The predicted molar refractivity (Wildman–Crippen MR) is 134 cm³/mol. The molecule has 1 saturated heterocycles. The Bertz CT molecular complexity index is 1350. The van der Waals surface area contributed by atoms with Gasteiger partial charge in [0.2, 0.25) is 11.7 Å². The number of aryl methyl sites for hydroxylation is 1. The largest absolute Gasteiger partial charge is 0.477 e. The van der Waals surface area contributed by atoms with Gasteiger partial charge >= 0.3 is 5.97 Å². The summed E-state index contributed by atoms with van der Waals surface area (Å²) < 4.78 is 5.72. The number of benzene rings is 1. The molecule has 0 spiro atoms. The highest BCUT2D eigenvalue weighted by Gasteiger charge is 2.36. The summed E-state index contributed by atoms with van der Waals surface area (Å²) in [7, 11) is 0. The Kier molecular flexibility index (Phi) is 6.24. The molecule has 2 aliphatic heterocycles. The molecule has 9 nitrogen and oxygen atoms in total. The van der Waals surface area contributed by atoms with E-state index in [2.05, 4.69) is 25.5 Å². The number of hydrogen-bond donors (Lipinski definition) is 4. The molecule has 2 aromatic heterocycles. The van der Waals surface area contributed by atoms with E-state index in [0.717, 1.165) is 42.8 Å². The van der Waals surface area contributed by atoms with Crippen molar-refractivity contribution in [2.24, 2.45) is 0 Å². The van der Waals surface area contributed by atoms with Crippen molar-refractivity contribution in [3.05, 3.63) is 71.1 Å². The molecule has 4 heterocycles. The third kappa shape index (κ3) is 4.76. The van der Waals surface area contributed by atoms with Gasteiger partial charge in [-0.05, 0) is 74.8 Å². The van der Waals surface area contributed by atoms with Gasteiger partial charge in [-0.2, -0.15) is 0 Å². The number of carbonyl (C=O) groups excluding carboxylic acids is 1. The monoisotopic (exact) mass is 473 g/mol. The number of carboxylic acid groups (broad SMARTS) is 1. The standard InChI is InChI=1S/C26H27N5O4/c1-16-13-18(27-9-12-31-10-2-3-11-31)6-7-20(16)30-25-22(26(33)34)23(32)21(35-25)14-17-15-29-24-19(17)5-4-8-28-24/h4-8,13-15,27,30H,2-3,9-12H2,1H3,(H,28,29)(H,33,34). The van der Waals surface area contributed by atoms with Gasteiger partial charge in [-0.15, -0.1) is 0 Å². The average Bonchev–Trinajstić information content (AvgIpc) is 3.56. The predicted octanol–water partition coefficient (Wildman–Crippen LogP) is 3.73. The van der Waals surface area contributed by atoms with Crippen LogP contribution in [-0.2, 0) is 14.3 Å². The Labute approximate surface area is 202 Å². The summed E-state index contributed by atoms with van der Waals surface area (Å²) in [6, 6.07) is 9.41. The number of ketones is 1. The average molecular weight is 474 g/mol. The van der Waals surface area contributed by atoms with E-state index in [1.807, 2.05) is 31.2 Å². The lowest BCUT2D eigenvalue weighted by Crippen LogP contribution is -2.25.